The zero-order valence-corrected chi connectivity index (χ0v) is 31.8. The molecule has 270 valence electrons. The van der Waals surface area contributed by atoms with Crippen LogP contribution in [0.4, 0.5) is 0 Å². The Morgan fingerprint density at radius 1 is 0.608 bits per heavy atom. The quantitative estimate of drug-likeness (QED) is 0.118. The van der Waals surface area contributed by atoms with Crippen molar-refractivity contribution in [2.24, 2.45) is 0 Å². The van der Waals surface area contributed by atoms with Crippen LogP contribution in [0.15, 0.2) is 60.7 Å². The lowest BCUT2D eigenvalue weighted by molar-refractivity contribution is 0.196. The first-order chi connectivity index (χ1) is 24.6. The van der Waals surface area contributed by atoms with E-state index in [4.69, 9.17) is 23.7 Å². The topological polar surface area (TPSA) is 66.4 Å². The molecule has 1 aliphatic carbocycles. The van der Waals surface area contributed by atoms with Gasteiger partial charge in [0.2, 0.25) is 5.75 Å². The molecule has 4 aromatic rings. The average molecular weight is 691 g/mol. The molecule has 0 radical (unpaired) electrons. The van der Waals surface area contributed by atoms with Crippen LogP contribution in [-0.2, 0) is 12.0 Å². The fraction of sp³-hybridized carbons (Fsp3) is 0.378. The molecule has 3 atom stereocenters. The molecular formula is C45H54O6. The SMILES string of the molecule is CCCC1(C)c2cc(/C=C/c3cc(CO)c(OC(C)CC)c(OC)c3)ccc2-c2ccc(/C=C/c3cc(OC)c(OC(C)CC)c(OC)c3)cc21. The minimum absolute atomic E-state index is 0.0194. The molecule has 0 fully saturated rings. The van der Waals surface area contributed by atoms with Crippen LogP contribution >= 0.6 is 0 Å². The molecular weight excluding hydrogens is 636 g/mol. The highest BCUT2D eigenvalue weighted by atomic mass is 16.5. The highest BCUT2D eigenvalue weighted by molar-refractivity contribution is 5.85. The maximum absolute atomic E-state index is 10.2. The Morgan fingerprint density at radius 3 is 1.47 bits per heavy atom. The highest BCUT2D eigenvalue weighted by Gasteiger charge is 2.38. The molecule has 0 bridgehead atoms. The molecule has 0 aromatic heterocycles. The van der Waals surface area contributed by atoms with E-state index in [0.29, 0.717) is 34.3 Å². The van der Waals surface area contributed by atoms with Gasteiger partial charge < -0.3 is 28.8 Å². The molecule has 6 heteroatoms. The molecule has 0 heterocycles. The van der Waals surface area contributed by atoms with Gasteiger partial charge in [0.05, 0.1) is 40.1 Å². The van der Waals surface area contributed by atoms with Gasteiger partial charge in [-0.05, 0) is 102 Å². The predicted molar refractivity (Wildman–Crippen MR) is 210 cm³/mol. The highest BCUT2D eigenvalue weighted by Crippen LogP contribution is 2.52. The van der Waals surface area contributed by atoms with Gasteiger partial charge >= 0.3 is 0 Å². The third-order valence-electron chi connectivity index (χ3n) is 10.1. The Kier molecular flexibility index (Phi) is 12.2. The fourth-order valence-corrected chi connectivity index (χ4v) is 6.88. The van der Waals surface area contributed by atoms with Gasteiger partial charge in [0, 0.05) is 11.0 Å². The molecule has 5 rings (SSSR count). The van der Waals surface area contributed by atoms with Crippen molar-refractivity contribution in [1.82, 2.24) is 0 Å². The summed E-state index contributed by atoms with van der Waals surface area (Å²) in [6.45, 7) is 12.7. The van der Waals surface area contributed by atoms with Gasteiger partial charge in [-0.3, -0.25) is 0 Å². The number of benzene rings is 4. The summed E-state index contributed by atoms with van der Waals surface area (Å²) in [5.74, 6) is 3.16. The Balaban J connectivity index is 1.45. The average Bonchev–Trinajstić information content (AvgIpc) is 3.39. The smallest absolute Gasteiger partial charge is 0.203 e. The number of aliphatic hydroxyl groups is 1. The second-order valence-corrected chi connectivity index (χ2v) is 13.7. The lowest BCUT2D eigenvalue weighted by Gasteiger charge is -2.27. The minimum atomic E-state index is -0.129. The Bertz CT molecular complexity index is 1710. The molecule has 51 heavy (non-hydrogen) atoms. The first-order valence-electron chi connectivity index (χ1n) is 18.2. The van der Waals surface area contributed by atoms with Crippen LogP contribution in [-0.4, -0.2) is 38.6 Å². The third-order valence-corrected chi connectivity index (χ3v) is 10.1. The van der Waals surface area contributed by atoms with E-state index in [-0.39, 0.29) is 24.2 Å². The summed E-state index contributed by atoms with van der Waals surface area (Å²) in [7, 11) is 4.95. The Hall–Kier alpha value is -4.68. The molecule has 4 aromatic carbocycles. The zero-order valence-electron chi connectivity index (χ0n) is 31.8. The summed E-state index contributed by atoms with van der Waals surface area (Å²) in [6, 6.07) is 21.5. The molecule has 3 unspecified atom stereocenters. The van der Waals surface area contributed by atoms with Crippen LogP contribution in [0.1, 0.15) is 106 Å². The van der Waals surface area contributed by atoms with E-state index in [2.05, 4.69) is 88.4 Å². The van der Waals surface area contributed by atoms with Crippen molar-refractivity contribution in [1.29, 1.82) is 0 Å². The van der Waals surface area contributed by atoms with E-state index < -0.39 is 0 Å². The van der Waals surface area contributed by atoms with Crippen LogP contribution in [0.3, 0.4) is 0 Å². The second-order valence-electron chi connectivity index (χ2n) is 13.7. The lowest BCUT2D eigenvalue weighted by atomic mass is 9.76. The van der Waals surface area contributed by atoms with Crippen molar-refractivity contribution < 1.29 is 28.8 Å². The van der Waals surface area contributed by atoms with Crippen LogP contribution in [0.2, 0.25) is 0 Å². The van der Waals surface area contributed by atoms with E-state index in [1.165, 1.54) is 22.3 Å². The normalized spacial score (nSPS) is 16.2. The van der Waals surface area contributed by atoms with Crippen molar-refractivity contribution in [2.45, 2.75) is 91.5 Å². The summed E-state index contributed by atoms with van der Waals surface area (Å²) in [6.07, 6.45) is 12.4. The Labute approximate surface area is 304 Å². The number of rotatable bonds is 16. The summed E-state index contributed by atoms with van der Waals surface area (Å²) in [5, 5.41) is 10.2. The monoisotopic (exact) mass is 690 g/mol. The van der Waals surface area contributed by atoms with Gasteiger partial charge in [0.1, 0.15) is 0 Å². The molecule has 0 spiro atoms. The minimum Gasteiger partial charge on any atom is -0.493 e. The summed E-state index contributed by atoms with van der Waals surface area (Å²) < 4.78 is 29.3. The van der Waals surface area contributed by atoms with Crippen LogP contribution < -0.4 is 23.7 Å². The standard InChI is InChI=1S/C45H54O6/c1-10-21-45(6)38-23-31(13-15-33-22-35(28-46)43(40(25-33)47-7)50-29(4)11-2)17-19-36(38)37-20-18-32(24-39(37)45)14-16-34-26-41(48-8)44(42(27-34)49-9)51-30(5)12-3/h13-20,22-27,29-30,46H,10-12,21,28H2,1-9H3/b15-13+,16-14+. The number of methoxy groups -OCH3 is 3. The van der Waals surface area contributed by atoms with Gasteiger partial charge in [-0.2, -0.15) is 0 Å². The van der Waals surface area contributed by atoms with Crippen molar-refractivity contribution in [3.05, 3.63) is 99.6 Å². The van der Waals surface area contributed by atoms with Gasteiger partial charge in [0.25, 0.3) is 0 Å². The molecule has 0 saturated heterocycles. The maximum Gasteiger partial charge on any atom is 0.203 e. The number of fused-ring (bicyclic) bond motifs is 3. The van der Waals surface area contributed by atoms with E-state index >= 15 is 0 Å². The molecule has 0 amide bonds. The van der Waals surface area contributed by atoms with Gasteiger partial charge in [-0.25, -0.2) is 0 Å². The molecule has 0 saturated carbocycles. The third kappa shape index (κ3) is 7.97. The van der Waals surface area contributed by atoms with E-state index in [1.807, 2.05) is 38.1 Å². The summed E-state index contributed by atoms with van der Waals surface area (Å²) in [5.41, 5.74) is 10.0. The second kappa shape index (κ2) is 16.6. The van der Waals surface area contributed by atoms with Crippen LogP contribution in [0, 0.1) is 0 Å². The van der Waals surface area contributed by atoms with Crippen LogP contribution in [0.25, 0.3) is 35.4 Å². The van der Waals surface area contributed by atoms with Gasteiger partial charge in [0.15, 0.2) is 23.0 Å². The first-order valence-corrected chi connectivity index (χ1v) is 18.2. The van der Waals surface area contributed by atoms with E-state index in [9.17, 15) is 5.11 Å². The van der Waals surface area contributed by atoms with E-state index in [0.717, 1.165) is 47.9 Å². The van der Waals surface area contributed by atoms with Crippen molar-refractivity contribution in [3.63, 3.8) is 0 Å². The van der Waals surface area contributed by atoms with Gasteiger partial charge in [-0.15, -0.1) is 0 Å². The lowest BCUT2D eigenvalue weighted by Crippen LogP contribution is -2.20. The number of ether oxygens (including phenoxy) is 5. The van der Waals surface area contributed by atoms with Crippen molar-refractivity contribution in [3.8, 4) is 39.9 Å². The first kappa shape index (κ1) is 37.6. The molecule has 0 aliphatic heterocycles. The van der Waals surface area contributed by atoms with Crippen LogP contribution in [0.5, 0.6) is 28.7 Å². The fourth-order valence-electron chi connectivity index (χ4n) is 6.88. The largest absolute Gasteiger partial charge is 0.493 e. The molecule has 1 aliphatic rings. The van der Waals surface area contributed by atoms with Crippen molar-refractivity contribution >= 4 is 24.3 Å². The molecule has 1 N–H and O–H groups in total. The van der Waals surface area contributed by atoms with Gasteiger partial charge in [-0.1, -0.05) is 94.8 Å². The number of hydrogen-bond donors (Lipinski definition) is 1. The predicted octanol–water partition coefficient (Wildman–Crippen LogP) is 11.0. The van der Waals surface area contributed by atoms with Crippen molar-refractivity contribution in [2.75, 3.05) is 21.3 Å². The number of aliphatic hydroxyl groups excluding tert-OH is 1. The maximum atomic E-state index is 10.2. The summed E-state index contributed by atoms with van der Waals surface area (Å²) >= 11 is 0. The molecule has 6 nitrogen and oxygen atoms in total. The Morgan fingerprint density at radius 2 is 1.04 bits per heavy atom. The van der Waals surface area contributed by atoms with E-state index in [1.54, 1.807) is 21.3 Å². The number of hydrogen-bond acceptors (Lipinski definition) is 6. The zero-order chi connectivity index (χ0) is 36.7. The summed E-state index contributed by atoms with van der Waals surface area (Å²) in [4.78, 5) is 0.